The molecule has 126 valence electrons. The first kappa shape index (κ1) is 18.0. The van der Waals surface area contributed by atoms with Crippen molar-refractivity contribution in [3.63, 3.8) is 0 Å². The number of terminal acetylenes is 1. The second kappa shape index (κ2) is 8.46. The minimum absolute atomic E-state index is 0.145. The molecule has 1 saturated heterocycles. The number of hydrogen-bond donors (Lipinski definition) is 0. The van der Waals surface area contributed by atoms with Gasteiger partial charge in [-0.15, -0.1) is 6.42 Å². The molecule has 5 nitrogen and oxygen atoms in total. The van der Waals surface area contributed by atoms with Crippen LogP contribution in [0.4, 0.5) is 4.79 Å². The molecule has 1 aromatic rings. The number of nitrogens with zero attached hydrogens (tertiary/aromatic N) is 1. The maximum atomic E-state index is 12.3. The summed E-state index contributed by atoms with van der Waals surface area (Å²) in [6, 6.07) is 5.25. The van der Waals surface area contributed by atoms with Crippen LogP contribution in [0, 0.1) is 12.3 Å². The Morgan fingerprint density at radius 3 is 2.79 bits per heavy atom. The Bertz CT molecular complexity index is 705. The number of carbonyl (C=O) groups is 2. The monoisotopic (exact) mass is 345 g/mol. The summed E-state index contributed by atoms with van der Waals surface area (Å²) in [7, 11) is 1.53. The average molecular weight is 345 g/mol. The van der Waals surface area contributed by atoms with Gasteiger partial charge in [0.05, 0.1) is 12.0 Å². The Morgan fingerprint density at radius 1 is 1.33 bits per heavy atom. The zero-order valence-corrected chi connectivity index (χ0v) is 14.5. The second-order valence-electron chi connectivity index (χ2n) is 5.09. The first-order chi connectivity index (χ1) is 11.6. The number of benzene rings is 1. The quantitative estimate of drug-likeness (QED) is 0.559. The number of amides is 2. The molecule has 0 radical (unpaired) electrons. The van der Waals surface area contributed by atoms with Crippen molar-refractivity contribution in [2.45, 2.75) is 19.8 Å². The molecular weight excluding hydrogens is 326 g/mol. The lowest BCUT2D eigenvalue weighted by molar-refractivity contribution is -0.122. The van der Waals surface area contributed by atoms with Crippen molar-refractivity contribution in [3.8, 4) is 23.8 Å². The molecule has 0 spiro atoms. The topological polar surface area (TPSA) is 55.8 Å². The number of carbonyl (C=O) groups excluding carboxylic acids is 2. The maximum Gasteiger partial charge on any atom is 0.293 e. The van der Waals surface area contributed by atoms with Crippen molar-refractivity contribution >= 4 is 29.0 Å². The van der Waals surface area contributed by atoms with Gasteiger partial charge in [-0.25, -0.2) is 0 Å². The van der Waals surface area contributed by atoms with Gasteiger partial charge >= 0.3 is 0 Å². The summed E-state index contributed by atoms with van der Waals surface area (Å²) >= 11 is 0.959. The third-order valence-electron chi connectivity index (χ3n) is 3.41. The molecule has 1 aliphatic heterocycles. The Kier molecular flexibility index (Phi) is 6.33. The molecule has 0 aliphatic carbocycles. The zero-order chi connectivity index (χ0) is 17.5. The predicted molar refractivity (Wildman–Crippen MR) is 94.9 cm³/mol. The Hall–Kier alpha value is -2.39. The molecule has 1 heterocycles. The molecule has 0 atom stereocenters. The van der Waals surface area contributed by atoms with Gasteiger partial charge in [-0.3, -0.25) is 14.5 Å². The highest BCUT2D eigenvalue weighted by atomic mass is 32.2. The van der Waals surface area contributed by atoms with Crippen LogP contribution in [0.5, 0.6) is 11.5 Å². The standard InChI is InChI=1S/C18H19NO4S/c1-4-6-9-19-17(20)16(24-18(19)21)12-13-7-8-14(23-10-5-2)15(11-13)22-3/h2,7-8,11-12H,4,6,9-10H2,1,3H3/b16-12-. The molecule has 6 heteroatoms. The smallest absolute Gasteiger partial charge is 0.293 e. The number of ether oxygens (including phenoxy) is 2. The van der Waals surface area contributed by atoms with E-state index in [2.05, 4.69) is 5.92 Å². The van der Waals surface area contributed by atoms with E-state index in [0.29, 0.717) is 22.9 Å². The molecule has 0 aromatic heterocycles. The second-order valence-corrected chi connectivity index (χ2v) is 6.08. The molecule has 0 unspecified atom stereocenters. The largest absolute Gasteiger partial charge is 0.493 e. The van der Waals surface area contributed by atoms with Gasteiger partial charge in [-0.1, -0.05) is 25.3 Å². The van der Waals surface area contributed by atoms with E-state index in [0.717, 1.165) is 30.2 Å². The summed E-state index contributed by atoms with van der Waals surface area (Å²) < 4.78 is 10.7. The number of hydrogen-bond acceptors (Lipinski definition) is 5. The minimum atomic E-state index is -0.245. The van der Waals surface area contributed by atoms with Crippen LogP contribution in [0.3, 0.4) is 0 Å². The summed E-state index contributed by atoms with van der Waals surface area (Å²) in [4.78, 5) is 26.0. The van der Waals surface area contributed by atoms with E-state index >= 15 is 0 Å². The van der Waals surface area contributed by atoms with Gasteiger partial charge in [0, 0.05) is 6.54 Å². The van der Waals surface area contributed by atoms with E-state index in [-0.39, 0.29) is 17.8 Å². The highest BCUT2D eigenvalue weighted by Gasteiger charge is 2.34. The van der Waals surface area contributed by atoms with Gasteiger partial charge in [0.15, 0.2) is 11.5 Å². The third kappa shape index (κ3) is 4.12. The summed E-state index contributed by atoms with van der Waals surface area (Å²) in [5.41, 5.74) is 0.751. The van der Waals surface area contributed by atoms with Crippen LogP contribution in [0.2, 0.25) is 0 Å². The van der Waals surface area contributed by atoms with E-state index in [1.165, 1.54) is 12.0 Å². The lowest BCUT2D eigenvalue weighted by Crippen LogP contribution is -2.29. The van der Waals surface area contributed by atoms with Crippen LogP contribution in [-0.4, -0.2) is 36.3 Å². The van der Waals surface area contributed by atoms with Crippen LogP contribution >= 0.6 is 11.8 Å². The van der Waals surface area contributed by atoms with Gasteiger partial charge in [0.1, 0.15) is 6.61 Å². The van der Waals surface area contributed by atoms with E-state index in [1.807, 2.05) is 6.92 Å². The lowest BCUT2D eigenvalue weighted by Gasteiger charge is -2.11. The fraction of sp³-hybridized carbons (Fsp3) is 0.333. The fourth-order valence-electron chi connectivity index (χ4n) is 2.17. The highest BCUT2D eigenvalue weighted by molar-refractivity contribution is 8.18. The molecule has 24 heavy (non-hydrogen) atoms. The first-order valence-electron chi connectivity index (χ1n) is 7.60. The molecular formula is C18H19NO4S. The van der Waals surface area contributed by atoms with E-state index < -0.39 is 0 Å². The normalized spacial score (nSPS) is 15.7. The highest BCUT2D eigenvalue weighted by Crippen LogP contribution is 2.34. The summed E-state index contributed by atoms with van der Waals surface area (Å²) in [6.07, 6.45) is 8.60. The summed E-state index contributed by atoms with van der Waals surface area (Å²) in [6.45, 7) is 2.62. The van der Waals surface area contributed by atoms with Crippen molar-refractivity contribution in [2.75, 3.05) is 20.3 Å². The zero-order valence-electron chi connectivity index (χ0n) is 13.7. The minimum Gasteiger partial charge on any atom is -0.493 e. The number of methoxy groups -OCH3 is 1. The molecule has 1 aliphatic rings. The van der Waals surface area contributed by atoms with Crippen LogP contribution in [0.15, 0.2) is 23.1 Å². The predicted octanol–water partition coefficient (Wildman–Crippen LogP) is 3.54. The van der Waals surface area contributed by atoms with Crippen LogP contribution in [-0.2, 0) is 4.79 Å². The van der Waals surface area contributed by atoms with Gasteiger partial charge in [-0.2, -0.15) is 0 Å². The van der Waals surface area contributed by atoms with Crippen molar-refractivity contribution < 1.29 is 19.1 Å². The Morgan fingerprint density at radius 2 is 2.12 bits per heavy atom. The van der Waals surface area contributed by atoms with Crippen molar-refractivity contribution in [1.82, 2.24) is 4.90 Å². The molecule has 0 saturated carbocycles. The summed E-state index contributed by atoms with van der Waals surface area (Å²) in [5, 5.41) is -0.222. The SMILES string of the molecule is C#CCOc1ccc(/C=C2\SC(=O)N(CCCC)C2=O)cc1OC. The molecule has 1 fully saturated rings. The molecule has 2 amide bonds. The van der Waals surface area contributed by atoms with E-state index in [9.17, 15) is 9.59 Å². The van der Waals surface area contributed by atoms with E-state index in [1.54, 1.807) is 24.3 Å². The van der Waals surface area contributed by atoms with Crippen molar-refractivity contribution in [2.24, 2.45) is 0 Å². The third-order valence-corrected chi connectivity index (χ3v) is 4.31. The first-order valence-corrected chi connectivity index (χ1v) is 8.42. The van der Waals surface area contributed by atoms with Gasteiger partial charge < -0.3 is 9.47 Å². The van der Waals surface area contributed by atoms with Crippen molar-refractivity contribution in [1.29, 1.82) is 0 Å². The van der Waals surface area contributed by atoms with Crippen LogP contribution in [0.25, 0.3) is 6.08 Å². The number of unbranched alkanes of at least 4 members (excludes halogenated alkanes) is 1. The summed E-state index contributed by atoms with van der Waals surface area (Å²) in [5.74, 6) is 3.20. The number of imide groups is 1. The molecule has 0 N–H and O–H groups in total. The van der Waals surface area contributed by atoms with Crippen LogP contribution in [0.1, 0.15) is 25.3 Å². The van der Waals surface area contributed by atoms with Crippen LogP contribution < -0.4 is 9.47 Å². The maximum absolute atomic E-state index is 12.3. The number of rotatable bonds is 7. The molecule has 2 rings (SSSR count). The van der Waals surface area contributed by atoms with Gasteiger partial charge in [0.2, 0.25) is 0 Å². The van der Waals surface area contributed by atoms with Gasteiger partial charge in [0.25, 0.3) is 11.1 Å². The average Bonchev–Trinajstić information content (AvgIpc) is 2.85. The fourth-order valence-corrected chi connectivity index (χ4v) is 3.04. The number of thioether (sulfide) groups is 1. The Balaban J connectivity index is 2.20. The van der Waals surface area contributed by atoms with Crippen molar-refractivity contribution in [3.05, 3.63) is 28.7 Å². The van der Waals surface area contributed by atoms with Gasteiger partial charge in [-0.05, 0) is 42.0 Å². The van der Waals surface area contributed by atoms with E-state index in [4.69, 9.17) is 15.9 Å². The molecule has 0 bridgehead atoms. The molecule has 1 aromatic carbocycles. The Labute approximate surface area is 146 Å². The lowest BCUT2D eigenvalue weighted by atomic mass is 10.2.